The number of anilines is 2. The van der Waals surface area contributed by atoms with Crippen LogP contribution in [0.4, 0.5) is 20.6 Å². The summed E-state index contributed by atoms with van der Waals surface area (Å²) in [6.07, 6.45) is 0. The predicted molar refractivity (Wildman–Crippen MR) is 71.8 cm³/mol. The number of hydrogen-bond acceptors (Lipinski definition) is 3. The quantitative estimate of drug-likeness (QED) is 0.746. The summed E-state index contributed by atoms with van der Waals surface area (Å²) < 4.78 is 12.9. The van der Waals surface area contributed by atoms with Crippen molar-refractivity contribution in [3.63, 3.8) is 0 Å². The van der Waals surface area contributed by atoms with E-state index < -0.39 is 17.9 Å². The van der Waals surface area contributed by atoms with Crippen LogP contribution in [0.1, 0.15) is 10.5 Å². The van der Waals surface area contributed by atoms with Gasteiger partial charge in [-0.1, -0.05) is 6.07 Å². The third kappa shape index (κ3) is 3.52. The van der Waals surface area contributed by atoms with Gasteiger partial charge < -0.3 is 16.4 Å². The van der Waals surface area contributed by atoms with E-state index in [-0.39, 0.29) is 5.69 Å². The van der Waals surface area contributed by atoms with Crippen molar-refractivity contribution in [1.82, 2.24) is 4.98 Å². The molecule has 0 saturated carbocycles. The molecule has 1 heterocycles. The highest BCUT2D eigenvalue weighted by Gasteiger charge is 2.08. The Hall–Kier alpha value is -2.96. The lowest BCUT2D eigenvalue weighted by Gasteiger charge is -2.06. The number of carbonyl (C=O) groups excluding carboxylic acids is 2. The van der Waals surface area contributed by atoms with Gasteiger partial charge in [-0.25, -0.2) is 9.78 Å². The summed E-state index contributed by atoms with van der Waals surface area (Å²) in [5.41, 5.74) is 5.93. The van der Waals surface area contributed by atoms with E-state index >= 15 is 0 Å². The van der Waals surface area contributed by atoms with Crippen molar-refractivity contribution in [3.8, 4) is 0 Å². The molecule has 7 heteroatoms. The number of halogens is 1. The molecule has 3 amide bonds. The molecule has 102 valence electrons. The molecule has 0 aliphatic rings. The van der Waals surface area contributed by atoms with Crippen LogP contribution in [0.2, 0.25) is 0 Å². The highest BCUT2D eigenvalue weighted by molar-refractivity contribution is 6.03. The van der Waals surface area contributed by atoms with Crippen molar-refractivity contribution >= 4 is 23.3 Å². The van der Waals surface area contributed by atoms with Crippen molar-refractivity contribution in [1.29, 1.82) is 0 Å². The number of pyridine rings is 1. The molecule has 0 aliphatic heterocycles. The summed E-state index contributed by atoms with van der Waals surface area (Å²) >= 11 is 0. The van der Waals surface area contributed by atoms with Crippen LogP contribution in [0.15, 0.2) is 42.5 Å². The van der Waals surface area contributed by atoms with Gasteiger partial charge in [0.1, 0.15) is 5.69 Å². The normalized spacial score (nSPS) is 9.85. The molecule has 2 rings (SSSR count). The van der Waals surface area contributed by atoms with Crippen molar-refractivity contribution in [2.75, 3.05) is 10.6 Å². The molecule has 0 bridgehead atoms. The Bertz CT molecular complexity index is 643. The maximum absolute atomic E-state index is 12.9. The van der Waals surface area contributed by atoms with E-state index in [2.05, 4.69) is 15.6 Å². The second kappa shape index (κ2) is 5.79. The van der Waals surface area contributed by atoms with Gasteiger partial charge in [0.05, 0.1) is 0 Å². The average Bonchev–Trinajstić information content (AvgIpc) is 2.40. The van der Waals surface area contributed by atoms with Gasteiger partial charge in [0.2, 0.25) is 5.95 Å². The number of nitrogens with zero attached hydrogens (tertiary/aromatic N) is 1. The summed E-state index contributed by atoms with van der Waals surface area (Å²) in [5, 5.41) is 4.94. The molecule has 1 aromatic carbocycles. The summed E-state index contributed by atoms with van der Waals surface area (Å²) in [4.78, 5) is 25.9. The lowest BCUT2D eigenvalue weighted by Crippen LogP contribution is -2.19. The van der Waals surface area contributed by atoms with Crippen LogP contribution in [-0.4, -0.2) is 16.9 Å². The van der Waals surface area contributed by atoms with Crippen LogP contribution in [0.3, 0.4) is 0 Å². The number of nitrogens with two attached hydrogens (primary N) is 1. The smallest absolute Gasteiger partial charge is 0.316 e. The summed E-state index contributed by atoms with van der Waals surface area (Å²) in [5.74, 6) is -1.25. The summed E-state index contributed by atoms with van der Waals surface area (Å²) in [6.45, 7) is 0. The number of primary amides is 1. The molecular formula is C13H11FN4O2. The van der Waals surface area contributed by atoms with Crippen molar-refractivity contribution < 1.29 is 14.0 Å². The summed E-state index contributed by atoms with van der Waals surface area (Å²) in [6, 6.07) is 9.56. The number of aromatic nitrogens is 1. The van der Waals surface area contributed by atoms with Crippen LogP contribution in [0.25, 0.3) is 0 Å². The fraction of sp³-hybridized carbons (Fsp3) is 0. The third-order valence-corrected chi connectivity index (χ3v) is 2.36. The number of rotatable bonds is 3. The van der Waals surface area contributed by atoms with Crippen LogP contribution >= 0.6 is 0 Å². The molecule has 0 radical (unpaired) electrons. The van der Waals surface area contributed by atoms with E-state index in [1.165, 1.54) is 12.1 Å². The Morgan fingerprint density at radius 2 is 1.60 bits per heavy atom. The molecule has 20 heavy (non-hydrogen) atoms. The molecule has 0 spiro atoms. The van der Waals surface area contributed by atoms with E-state index in [1.807, 2.05) is 0 Å². The molecule has 0 unspecified atom stereocenters. The van der Waals surface area contributed by atoms with E-state index in [9.17, 15) is 14.0 Å². The highest BCUT2D eigenvalue weighted by atomic mass is 19.1. The number of urea groups is 1. The Morgan fingerprint density at radius 3 is 2.15 bits per heavy atom. The monoisotopic (exact) mass is 274 g/mol. The minimum Gasteiger partial charge on any atom is -0.351 e. The van der Waals surface area contributed by atoms with Gasteiger partial charge >= 0.3 is 6.03 Å². The zero-order valence-electron chi connectivity index (χ0n) is 10.3. The Morgan fingerprint density at radius 1 is 1.00 bits per heavy atom. The van der Waals surface area contributed by atoms with Gasteiger partial charge in [-0.2, -0.15) is 4.39 Å². The maximum Gasteiger partial charge on any atom is 0.316 e. The lowest BCUT2D eigenvalue weighted by molar-refractivity contribution is 0.102. The van der Waals surface area contributed by atoms with Crippen molar-refractivity contribution in [2.24, 2.45) is 5.73 Å². The first-order valence-electron chi connectivity index (χ1n) is 5.65. The minimum absolute atomic E-state index is 0.0238. The molecule has 0 aliphatic carbocycles. The molecule has 6 nitrogen and oxygen atoms in total. The fourth-order valence-corrected chi connectivity index (χ4v) is 1.51. The number of benzene rings is 1. The Labute approximate surface area is 113 Å². The first kappa shape index (κ1) is 13.5. The predicted octanol–water partition coefficient (Wildman–Crippen LogP) is 1.96. The number of nitrogens with one attached hydrogen (secondary N) is 2. The second-order valence-corrected chi connectivity index (χ2v) is 3.87. The molecule has 1 aromatic heterocycles. The minimum atomic E-state index is -0.723. The second-order valence-electron chi connectivity index (χ2n) is 3.87. The first-order valence-corrected chi connectivity index (χ1v) is 5.65. The topological polar surface area (TPSA) is 97.1 Å². The highest BCUT2D eigenvalue weighted by Crippen LogP contribution is 2.14. The molecule has 0 fully saturated rings. The molecule has 2 aromatic rings. The van der Waals surface area contributed by atoms with E-state index in [4.69, 9.17) is 5.73 Å². The van der Waals surface area contributed by atoms with Crippen molar-refractivity contribution in [3.05, 3.63) is 54.1 Å². The van der Waals surface area contributed by atoms with Crippen LogP contribution < -0.4 is 16.4 Å². The van der Waals surface area contributed by atoms with Crippen LogP contribution in [0, 0.1) is 5.95 Å². The van der Waals surface area contributed by atoms with E-state index in [0.717, 1.165) is 6.07 Å². The van der Waals surface area contributed by atoms with E-state index in [1.54, 1.807) is 24.3 Å². The van der Waals surface area contributed by atoms with Gasteiger partial charge in [-0.3, -0.25) is 4.79 Å². The molecule has 4 N–H and O–H groups in total. The molecular weight excluding hydrogens is 263 g/mol. The fourth-order valence-electron chi connectivity index (χ4n) is 1.51. The van der Waals surface area contributed by atoms with Crippen molar-refractivity contribution in [2.45, 2.75) is 0 Å². The third-order valence-electron chi connectivity index (χ3n) is 2.36. The first-order chi connectivity index (χ1) is 9.54. The Balaban J connectivity index is 2.06. The molecule has 0 saturated heterocycles. The summed E-state index contributed by atoms with van der Waals surface area (Å²) in [7, 11) is 0. The van der Waals surface area contributed by atoms with Gasteiger partial charge in [0, 0.05) is 11.4 Å². The standard InChI is InChI=1S/C13H11FN4O2/c14-11-3-1-2-10(18-11)12(19)16-8-4-6-9(7-5-8)17-13(15)20/h1-7H,(H,16,19)(H3,15,17,20). The SMILES string of the molecule is NC(=O)Nc1ccc(NC(=O)c2cccc(F)n2)cc1. The van der Waals surface area contributed by atoms with Gasteiger partial charge in [0.25, 0.3) is 5.91 Å². The van der Waals surface area contributed by atoms with Gasteiger partial charge in [-0.15, -0.1) is 0 Å². The number of amides is 3. The van der Waals surface area contributed by atoms with Gasteiger partial charge in [-0.05, 0) is 36.4 Å². The lowest BCUT2D eigenvalue weighted by atomic mass is 10.2. The van der Waals surface area contributed by atoms with E-state index in [0.29, 0.717) is 11.4 Å². The number of carbonyl (C=O) groups is 2. The Kier molecular flexibility index (Phi) is 3.90. The average molecular weight is 274 g/mol. The largest absolute Gasteiger partial charge is 0.351 e. The zero-order valence-corrected chi connectivity index (χ0v) is 10.3. The van der Waals surface area contributed by atoms with Gasteiger partial charge in [0.15, 0.2) is 0 Å². The number of hydrogen-bond donors (Lipinski definition) is 3. The van der Waals surface area contributed by atoms with Crippen LogP contribution in [0.5, 0.6) is 0 Å². The maximum atomic E-state index is 12.9. The zero-order chi connectivity index (χ0) is 14.5. The van der Waals surface area contributed by atoms with Crippen LogP contribution in [-0.2, 0) is 0 Å². The molecule has 0 atom stereocenters.